The molecule has 3 rings (SSSR count). The van der Waals surface area contributed by atoms with Gasteiger partial charge in [0.05, 0.1) is 11.4 Å². The second kappa shape index (κ2) is 8.09. The number of nitrogens with one attached hydrogen (secondary N) is 1. The molecule has 0 spiro atoms. The third-order valence-corrected chi connectivity index (χ3v) is 7.24. The highest BCUT2D eigenvalue weighted by atomic mass is 32.1. The van der Waals surface area contributed by atoms with Gasteiger partial charge >= 0.3 is 0 Å². The Morgan fingerprint density at radius 3 is 2.56 bits per heavy atom. The van der Waals surface area contributed by atoms with Crippen molar-refractivity contribution < 1.29 is 14.3 Å². The molecule has 0 bridgehead atoms. The zero-order valence-electron chi connectivity index (χ0n) is 14.9. The SMILES string of the molecule is CCCP(=O)(O)c1ccc(C(=O)Nc2cc(-c3cccs3)ccc2N)cc1. The lowest BCUT2D eigenvalue weighted by Crippen LogP contribution is -2.15. The fourth-order valence-electron chi connectivity index (χ4n) is 2.73. The Balaban J connectivity index is 1.79. The highest BCUT2D eigenvalue weighted by Crippen LogP contribution is 2.39. The fourth-order valence-corrected chi connectivity index (χ4v) is 4.94. The van der Waals surface area contributed by atoms with Gasteiger partial charge in [0.1, 0.15) is 0 Å². The number of hydrogen-bond donors (Lipinski definition) is 3. The number of anilines is 2. The maximum atomic E-state index is 12.6. The summed E-state index contributed by atoms with van der Waals surface area (Å²) in [7, 11) is -3.35. The normalized spacial score (nSPS) is 13.1. The first-order chi connectivity index (χ1) is 12.9. The number of hydrogen-bond acceptors (Lipinski definition) is 4. The highest BCUT2D eigenvalue weighted by molar-refractivity contribution is 7.66. The van der Waals surface area contributed by atoms with E-state index in [2.05, 4.69) is 5.32 Å². The third kappa shape index (κ3) is 4.48. The zero-order chi connectivity index (χ0) is 19.4. The Bertz CT molecular complexity index is 985. The van der Waals surface area contributed by atoms with Gasteiger partial charge in [0.2, 0.25) is 7.37 Å². The first-order valence-corrected chi connectivity index (χ1v) is 11.3. The molecule has 0 radical (unpaired) electrons. The molecule has 27 heavy (non-hydrogen) atoms. The molecule has 140 valence electrons. The van der Waals surface area contributed by atoms with Crippen molar-refractivity contribution in [3.05, 3.63) is 65.5 Å². The van der Waals surface area contributed by atoms with E-state index in [9.17, 15) is 14.3 Å². The minimum Gasteiger partial charge on any atom is -0.397 e. The fraction of sp³-hybridized carbons (Fsp3) is 0.150. The van der Waals surface area contributed by atoms with Crippen molar-refractivity contribution in [2.24, 2.45) is 0 Å². The monoisotopic (exact) mass is 400 g/mol. The second-order valence-corrected chi connectivity index (χ2v) is 9.52. The third-order valence-electron chi connectivity index (χ3n) is 4.17. The van der Waals surface area contributed by atoms with Crippen molar-refractivity contribution in [3.63, 3.8) is 0 Å². The summed E-state index contributed by atoms with van der Waals surface area (Å²) in [5.74, 6) is -0.320. The lowest BCUT2D eigenvalue weighted by atomic mass is 10.1. The summed E-state index contributed by atoms with van der Waals surface area (Å²) in [5, 5.41) is 5.17. The molecule has 1 aromatic heterocycles. The molecule has 1 amide bonds. The summed E-state index contributed by atoms with van der Waals surface area (Å²) in [6.45, 7) is 1.86. The van der Waals surface area contributed by atoms with Gasteiger partial charge in [-0.05, 0) is 59.8 Å². The van der Waals surface area contributed by atoms with Crippen molar-refractivity contribution in [3.8, 4) is 10.4 Å². The average molecular weight is 400 g/mol. The first kappa shape index (κ1) is 19.4. The lowest BCUT2D eigenvalue weighted by Gasteiger charge is -2.12. The van der Waals surface area contributed by atoms with Crippen LogP contribution in [0.4, 0.5) is 11.4 Å². The van der Waals surface area contributed by atoms with Crippen molar-refractivity contribution in [1.82, 2.24) is 0 Å². The second-order valence-electron chi connectivity index (χ2n) is 6.21. The van der Waals surface area contributed by atoms with E-state index in [-0.39, 0.29) is 12.1 Å². The van der Waals surface area contributed by atoms with Crippen LogP contribution in [0.3, 0.4) is 0 Å². The van der Waals surface area contributed by atoms with Crippen molar-refractivity contribution >= 4 is 41.3 Å². The molecule has 1 atom stereocenters. The maximum absolute atomic E-state index is 12.6. The van der Waals surface area contributed by atoms with Gasteiger partial charge in [-0.1, -0.05) is 19.1 Å². The van der Waals surface area contributed by atoms with Gasteiger partial charge in [0.25, 0.3) is 5.91 Å². The van der Waals surface area contributed by atoms with E-state index >= 15 is 0 Å². The van der Waals surface area contributed by atoms with Crippen LogP contribution in [-0.4, -0.2) is 17.0 Å². The number of thiophene rings is 1. The molecule has 7 heteroatoms. The van der Waals surface area contributed by atoms with E-state index < -0.39 is 7.37 Å². The molecule has 1 unspecified atom stereocenters. The van der Waals surface area contributed by atoms with Gasteiger partial charge < -0.3 is 15.9 Å². The number of nitrogen functional groups attached to an aromatic ring is 1. The van der Waals surface area contributed by atoms with Crippen LogP contribution in [0.1, 0.15) is 23.7 Å². The van der Waals surface area contributed by atoms with Crippen LogP contribution >= 0.6 is 18.7 Å². The molecule has 2 aromatic carbocycles. The number of amides is 1. The summed E-state index contributed by atoms with van der Waals surface area (Å²) in [5.41, 5.74) is 8.39. The number of rotatable bonds is 6. The van der Waals surface area contributed by atoms with Gasteiger partial charge in [0.15, 0.2) is 0 Å². The average Bonchev–Trinajstić information content (AvgIpc) is 3.18. The topological polar surface area (TPSA) is 92.4 Å². The Labute approximate surface area is 162 Å². The lowest BCUT2D eigenvalue weighted by molar-refractivity contribution is 0.102. The van der Waals surface area contributed by atoms with Gasteiger partial charge in [-0.15, -0.1) is 11.3 Å². The van der Waals surface area contributed by atoms with Crippen LogP contribution in [0.25, 0.3) is 10.4 Å². The quantitative estimate of drug-likeness (QED) is 0.418. The molecule has 1 heterocycles. The molecule has 5 nitrogen and oxygen atoms in total. The Morgan fingerprint density at radius 2 is 1.93 bits per heavy atom. The molecule has 0 saturated carbocycles. The molecular formula is C20H21N2O3PS. The number of carbonyl (C=O) groups is 1. The molecule has 4 N–H and O–H groups in total. The maximum Gasteiger partial charge on any atom is 0.255 e. The number of benzene rings is 2. The number of nitrogens with two attached hydrogens (primary N) is 1. The summed E-state index contributed by atoms with van der Waals surface area (Å²) in [6, 6.07) is 15.7. The van der Waals surface area contributed by atoms with Crippen LogP contribution < -0.4 is 16.4 Å². The van der Waals surface area contributed by atoms with Crippen LogP contribution in [0, 0.1) is 0 Å². The van der Waals surface area contributed by atoms with Crippen molar-refractivity contribution in [2.45, 2.75) is 13.3 Å². The molecule has 3 aromatic rings. The number of carbonyl (C=O) groups excluding carboxylic acids is 1. The predicted octanol–water partition coefficient (Wildman–Crippen LogP) is 4.56. The summed E-state index contributed by atoms with van der Waals surface area (Å²) >= 11 is 1.61. The largest absolute Gasteiger partial charge is 0.397 e. The molecular weight excluding hydrogens is 379 g/mol. The van der Waals surface area contributed by atoms with Gasteiger partial charge in [-0.25, -0.2) is 0 Å². The Kier molecular flexibility index (Phi) is 5.80. The van der Waals surface area contributed by atoms with E-state index in [0.717, 1.165) is 10.4 Å². The molecule has 0 aliphatic heterocycles. The summed E-state index contributed by atoms with van der Waals surface area (Å²) in [6.07, 6.45) is 0.848. The van der Waals surface area contributed by atoms with E-state index in [1.165, 1.54) is 12.1 Å². The summed E-state index contributed by atoms with van der Waals surface area (Å²) in [4.78, 5) is 23.7. The first-order valence-electron chi connectivity index (χ1n) is 8.58. The minimum atomic E-state index is -3.35. The van der Waals surface area contributed by atoms with Crippen LogP contribution in [0.2, 0.25) is 0 Å². The Hall–Kier alpha value is -2.40. The van der Waals surface area contributed by atoms with Crippen LogP contribution in [0.5, 0.6) is 0 Å². The standard InChI is InChI=1S/C20H21N2O3PS/c1-2-11-26(24,25)16-8-5-14(6-9-16)20(23)22-18-13-15(7-10-17(18)21)19-4-3-12-27-19/h3-10,12-13H,2,11,21H2,1H3,(H,22,23)(H,24,25). The zero-order valence-corrected chi connectivity index (χ0v) is 16.6. The van der Waals surface area contributed by atoms with E-state index in [0.29, 0.717) is 28.7 Å². The van der Waals surface area contributed by atoms with Crippen LogP contribution in [-0.2, 0) is 4.57 Å². The van der Waals surface area contributed by atoms with Crippen molar-refractivity contribution in [2.75, 3.05) is 17.2 Å². The molecule has 0 saturated heterocycles. The van der Waals surface area contributed by atoms with Crippen LogP contribution in [0.15, 0.2) is 60.0 Å². The Morgan fingerprint density at radius 1 is 1.19 bits per heavy atom. The van der Waals surface area contributed by atoms with E-state index in [4.69, 9.17) is 5.73 Å². The van der Waals surface area contributed by atoms with Gasteiger partial charge in [-0.2, -0.15) is 0 Å². The predicted molar refractivity (Wildman–Crippen MR) is 113 cm³/mol. The van der Waals surface area contributed by atoms with E-state index in [1.807, 2.05) is 36.6 Å². The van der Waals surface area contributed by atoms with E-state index in [1.54, 1.807) is 29.5 Å². The smallest absolute Gasteiger partial charge is 0.255 e. The molecule has 0 aliphatic carbocycles. The summed E-state index contributed by atoms with van der Waals surface area (Å²) < 4.78 is 12.2. The molecule has 0 fully saturated rings. The van der Waals surface area contributed by atoms with Gasteiger partial charge in [0, 0.05) is 21.9 Å². The highest BCUT2D eigenvalue weighted by Gasteiger charge is 2.20. The van der Waals surface area contributed by atoms with Gasteiger partial charge in [-0.3, -0.25) is 9.36 Å². The minimum absolute atomic E-state index is 0.227. The molecule has 0 aliphatic rings. The van der Waals surface area contributed by atoms with Crippen molar-refractivity contribution in [1.29, 1.82) is 0 Å².